The van der Waals surface area contributed by atoms with Gasteiger partial charge in [-0.2, -0.15) is 0 Å². The van der Waals surface area contributed by atoms with Crippen LogP contribution in [0.5, 0.6) is 0 Å². The average Bonchev–Trinajstić information content (AvgIpc) is 3.03. The standard InChI is InChI=1S/C24H24N2O4/c1-15-7-9-18(10-8-15)24(29)30-25-16(2)17-11-13-19(14-12-17)26-22(27)20-5-3-4-6-21(20)23(26)28/h7-14,20-21,25H,2-6H2,1H3/t20-,21+. The van der Waals surface area contributed by atoms with Crippen LogP contribution >= 0.6 is 0 Å². The molecule has 1 saturated carbocycles. The second kappa shape index (κ2) is 8.14. The van der Waals surface area contributed by atoms with E-state index in [9.17, 15) is 14.4 Å². The van der Waals surface area contributed by atoms with Crippen LogP contribution in [0.3, 0.4) is 0 Å². The number of anilines is 1. The lowest BCUT2D eigenvalue weighted by Crippen LogP contribution is -2.30. The van der Waals surface area contributed by atoms with E-state index < -0.39 is 5.97 Å². The first-order chi connectivity index (χ1) is 14.5. The summed E-state index contributed by atoms with van der Waals surface area (Å²) in [6.45, 7) is 5.83. The van der Waals surface area contributed by atoms with Gasteiger partial charge in [0.25, 0.3) is 0 Å². The topological polar surface area (TPSA) is 75.7 Å². The van der Waals surface area contributed by atoms with E-state index in [0.717, 1.165) is 31.2 Å². The fourth-order valence-electron chi connectivity index (χ4n) is 4.14. The first-order valence-corrected chi connectivity index (χ1v) is 10.2. The molecule has 2 atom stereocenters. The molecule has 2 fully saturated rings. The van der Waals surface area contributed by atoms with Crippen molar-refractivity contribution >= 4 is 29.2 Å². The van der Waals surface area contributed by atoms with Gasteiger partial charge in [0, 0.05) is 5.56 Å². The van der Waals surface area contributed by atoms with Crippen LogP contribution in [-0.2, 0) is 14.4 Å². The zero-order valence-corrected chi connectivity index (χ0v) is 16.9. The molecule has 6 heteroatoms. The SMILES string of the molecule is C=C(NOC(=O)c1ccc(C)cc1)c1ccc(N2C(=O)[C@H]3CCCC[C@H]3C2=O)cc1. The van der Waals surface area contributed by atoms with Gasteiger partial charge in [-0.25, -0.2) is 10.3 Å². The summed E-state index contributed by atoms with van der Waals surface area (Å²) < 4.78 is 0. The highest BCUT2D eigenvalue weighted by Crippen LogP contribution is 2.40. The van der Waals surface area contributed by atoms with Crippen LogP contribution in [0.1, 0.15) is 47.2 Å². The van der Waals surface area contributed by atoms with Crippen LogP contribution in [0, 0.1) is 18.8 Å². The number of nitrogens with zero attached hydrogens (tertiary/aromatic N) is 1. The Kier molecular flexibility index (Phi) is 5.40. The Hall–Kier alpha value is -3.41. The largest absolute Gasteiger partial charge is 0.362 e. The monoisotopic (exact) mass is 404 g/mol. The van der Waals surface area contributed by atoms with Gasteiger partial charge in [0.05, 0.1) is 28.8 Å². The van der Waals surface area contributed by atoms with Gasteiger partial charge < -0.3 is 4.84 Å². The van der Waals surface area contributed by atoms with E-state index in [4.69, 9.17) is 4.84 Å². The fraction of sp³-hybridized carbons (Fsp3) is 0.292. The van der Waals surface area contributed by atoms with Crippen molar-refractivity contribution in [3.63, 3.8) is 0 Å². The lowest BCUT2D eigenvalue weighted by atomic mass is 9.81. The molecule has 2 aromatic carbocycles. The van der Waals surface area contributed by atoms with Crippen molar-refractivity contribution in [2.75, 3.05) is 4.90 Å². The third-order valence-corrected chi connectivity index (χ3v) is 5.87. The Morgan fingerprint density at radius 1 is 0.933 bits per heavy atom. The highest BCUT2D eigenvalue weighted by atomic mass is 16.7. The van der Waals surface area contributed by atoms with Gasteiger partial charge in [0.1, 0.15) is 0 Å². The van der Waals surface area contributed by atoms with Crippen molar-refractivity contribution in [2.45, 2.75) is 32.6 Å². The zero-order chi connectivity index (χ0) is 21.3. The van der Waals surface area contributed by atoms with Crippen LogP contribution < -0.4 is 10.4 Å². The maximum Gasteiger partial charge on any atom is 0.362 e. The highest BCUT2D eigenvalue weighted by molar-refractivity contribution is 6.22. The molecule has 0 spiro atoms. The number of hydroxylamine groups is 1. The smallest absolute Gasteiger partial charge is 0.338 e. The average molecular weight is 404 g/mol. The van der Waals surface area contributed by atoms with Crippen LogP contribution in [0.2, 0.25) is 0 Å². The number of fused-ring (bicyclic) bond motifs is 1. The Morgan fingerprint density at radius 2 is 1.47 bits per heavy atom. The summed E-state index contributed by atoms with van der Waals surface area (Å²) in [6, 6.07) is 14.0. The van der Waals surface area contributed by atoms with Crippen LogP contribution in [0.15, 0.2) is 55.1 Å². The molecule has 1 heterocycles. The molecular weight excluding hydrogens is 380 g/mol. The van der Waals surface area contributed by atoms with Crippen LogP contribution in [-0.4, -0.2) is 17.8 Å². The number of rotatable bonds is 5. The molecule has 2 aliphatic rings. The number of nitrogens with one attached hydrogen (secondary N) is 1. The molecule has 1 aliphatic carbocycles. The molecule has 1 saturated heterocycles. The van der Waals surface area contributed by atoms with Gasteiger partial charge in [-0.1, -0.05) is 49.2 Å². The van der Waals surface area contributed by atoms with Crippen molar-refractivity contribution in [1.82, 2.24) is 5.48 Å². The Balaban J connectivity index is 1.40. The molecule has 2 amide bonds. The molecule has 0 aromatic heterocycles. The van der Waals surface area contributed by atoms with Gasteiger partial charge in [-0.3, -0.25) is 14.5 Å². The van der Waals surface area contributed by atoms with Gasteiger partial charge in [0.15, 0.2) is 0 Å². The van der Waals surface area contributed by atoms with Crippen molar-refractivity contribution in [3.05, 3.63) is 71.8 Å². The second-order valence-electron chi connectivity index (χ2n) is 7.89. The van der Waals surface area contributed by atoms with E-state index in [1.165, 1.54) is 4.90 Å². The van der Waals surface area contributed by atoms with Crippen molar-refractivity contribution in [3.8, 4) is 0 Å². The summed E-state index contributed by atoms with van der Waals surface area (Å²) in [7, 11) is 0. The quantitative estimate of drug-likeness (QED) is 0.602. The lowest BCUT2D eigenvalue weighted by molar-refractivity contribution is -0.122. The van der Waals surface area contributed by atoms with Gasteiger partial charge >= 0.3 is 5.97 Å². The molecule has 0 bridgehead atoms. The minimum Gasteiger partial charge on any atom is -0.338 e. The van der Waals surface area contributed by atoms with E-state index in [1.807, 2.05) is 19.1 Å². The summed E-state index contributed by atoms with van der Waals surface area (Å²) in [4.78, 5) is 44.0. The maximum atomic E-state index is 12.7. The van der Waals surface area contributed by atoms with E-state index in [-0.39, 0.29) is 23.7 Å². The normalized spacial score (nSPS) is 20.6. The minimum atomic E-state index is -0.511. The molecule has 0 unspecified atom stereocenters. The van der Waals surface area contributed by atoms with Crippen LogP contribution in [0.25, 0.3) is 5.70 Å². The maximum absolute atomic E-state index is 12.7. The van der Waals surface area contributed by atoms with Gasteiger partial charge in [0.2, 0.25) is 11.8 Å². The number of imide groups is 1. The van der Waals surface area contributed by atoms with E-state index >= 15 is 0 Å². The van der Waals surface area contributed by atoms with E-state index in [1.54, 1.807) is 36.4 Å². The lowest BCUT2D eigenvalue weighted by Gasteiger charge is -2.19. The summed E-state index contributed by atoms with van der Waals surface area (Å²) in [6.07, 6.45) is 3.58. The molecule has 154 valence electrons. The van der Waals surface area contributed by atoms with Gasteiger partial charge in [-0.05, 0) is 44.0 Å². The Morgan fingerprint density at radius 3 is 2.03 bits per heavy atom. The molecule has 0 radical (unpaired) electrons. The van der Waals surface area contributed by atoms with Crippen molar-refractivity contribution in [2.24, 2.45) is 11.8 Å². The summed E-state index contributed by atoms with van der Waals surface area (Å²) in [5.74, 6) is -1.06. The minimum absolute atomic E-state index is 0.0959. The predicted octanol–water partition coefficient (Wildman–Crippen LogP) is 4.01. The summed E-state index contributed by atoms with van der Waals surface area (Å²) >= 11 is 0. The highest BCUT2D eigenvalue weighted by Gasteiger charge is 2.48. The number of aryl methyl sites for hydroxylation is 1. The van der Waals surface area contributed by atoms with Crippen molar-refractivity contribution < 1.29 is 19.2 Å². The first kappa shape index (κ1) is 19.9. The second-order valence-corrected chi connectivity index (χ2v) is 7.89. The number of carbonyl (C=O) groups is 3. The Labute approximate surface area is 175 Å². The molecule has 1 aliphatic heterocycles. The van der Waals surface area contributed by atoms with E-state index in [0.29, 0.717) is 22.5 Å². The molecule has 2 aromatic rings. The fourth-order valence-corrected chi connectivity index (χ4v) is 4.14. The van der Waals surface area contributed by atoms with Crippen molar-refractivity contribution in [1.29, 1.82) is 0 Å². The number of carbonyl (C=O) groups excluding carboxylic acids is 3. The number of hydrogen-bond donors (Lipinski definition) is 1. The number of hydrogen-bond acceptors (Lipinski definition) is 5. The molecular formula is C24H24N2O4. The molecule has 1 N–H and O–H groups in total. The summed E-state index contributed by atoms with van der Waals surface area (Å²) in [5.41, 5.74) is 5.70. The number of benzene rings is 2. The van der Waals surface area contributed by atoms with Gasteiger partial charge in [-0.15, -0.1) is 0 Å². The molecule has 6 nitrogen and oxygen atoms in total. The summed E-state index contributed by atoms with van der Waals surface area (Å²) in [5, 5.41) is 0. The molecule has 4 rings (SSSR count). The Bertz CT molecular complexity index is 971. The van der Waals surface area contributed by atoms with Crippen LogP contribution in [0.4, 0.5) is 5.69 Å². The first-order valence-electron chi connectivity index (χ1n) is 10.2. The van der Waals surface area contributed by atoms with E-state index in [2.05, 4.69) is 12.1 Å². The number of amides is 2. The molecule has 30 heavy (non-hydrogen) atoms. The third-order valence-electron chi connectivity index (χ3n) is 5.87. The zero-order valence-electron chi connectivity index (χ0n) is 16.9. The predicted molar refractivity (Wildman–Crippen MR) is 113 cm³/mol. The third kappa shape index (κ3) is 3.73.